The van der Waals surface area contributed by atoms with Crippen molar-refractivity contribution in [2.24, 2.45) is 0 Å². The summed E-state index contributed by atoms with van der Waals surface area (Å²) in [4.78, 5) is 0. The quantitative estimate of drug-likeness (QED) is 0.609. The summed E-state index contributed by atoms with van der Waals surface area (Å²) in [5.74, 6) is 0. The van der Waals surface area contributed by atoms with Gasteiger partial charge < -0.3 is 0 Å². The summed E-state index contributed by atoms with van der Waals surface area (Å²) < 4.78 is 0. The molecule has 0 aromatic heterocycles. The van der Waals surface area contributed by atoms with Gasteiger partial charge in [-0.05, 0) is 35.7 Å². The number of rotatable bonds is 1. The van der Waals surface area contributed by atoms with Crippen LogP contribution >= 0.6 is 0 Å². The molecule has 0 aliphatic heterocycles. The van der Waals surface area contributed by atoms with E-state index in [1.54, 1.807) is 0 Å². The average molecular weight is 212 g/mol. The maximum atomic E-state index is 4.02. The van der Waals surface area contributed by atoms with E-state index in [2.05, 4.69) is 56.8 Å². The van der Waals surface area contributed by atoms with Crippen molar-refractivity contribution >= 4 is 16.3 Å². The molecule has 0 atom stereocenters. The van der Waals surface area contributed by atoms with Gasteiger partial charge in [0.05, 0.1) is 0 Å². The van der Waals surface area contributed by atoms with Crippen LogP contribution in [0.3, 0.4) is 0 Å². The van der Waals surface area contributed by atoms with Crippen molar-refractivity contribution in [1.82, 2.24) is 0 Å². The molecule has 0 aliphatic carbocycles. The highest BCUT2D eigenvalue weighted by atomic mass is 14.1. The molecule has 0 saturated heterocycles. The maximum Gasteiger partial charge on any atom is -0.0109 e. The molecule has 16 heavy (non-hydrogen) atoms. The Morgan fingerprint density at radius 2 is 1.69 bits per heavy atom. The first kappa shape index (κ1) is 12.5. The minimum absolute atomic E-state index is 1.13. The lowest BCUT2D eigenvalue weighted by Crippen LogP contribution is -1.84. The first-order valence-corrected chi connectivity index (χ1v) is 5.84. The number of fused-ring (bicyclic) bond motifs is 1. The fraction of sp³-hybridized carbons (Fsp3) is 0.250. The molecular formula is C16H20. The van der Waals surface area contributed by atoms with Gasteiger partial charge in [-0.2, -0.15) is 0 Å². The lowest BCUT2D eigenvalue weighted by molar-refractivity contribution is 1.48. The molecule has 0 saturated carbocycles. The molecule has 0 spiro atoms. The Morgan fingerprint density at radius 3 is 2.31 bits per heavy atom. The zero-order valence-corrected chi connectivity index (χ0v) is 10.7. The molecule has 84 valence electrons. The van der Waals surface area contributed by atoms with Gasteiger partial charge in [0.15, 0.2) is 0 Å². The van der Waals surface area contributed by atoms with Gasteiger partial charge in [0.1, 0.15) is 0 Å². The van der Waals surface area contributed by atoms with Crippen LogP contribution in [0, 0.1) is 6.92 Å². The predicted octanol–water partition coefficient (Wildman–Crippen LogP) is 5.21. The molecule has 0 heterocycles. The van der Waals surface area contributed by atoms with Gasteiger partial charge >= 0.3 is 0 Å². The van der Waals surface area contributed by atoms with E-state index < -0.39 is 0 Å². The van der Waals surface area contributed by atoms with Crippen molar-refractivity contribution in [3.8, 4) is 0 Å². The first-order valence-electron chi connectivity index (χ1n) is 5.84. The normalized spacial score (nSPS) is 9.50. The second kappa shape index (κ2) is 5.50. The van der Waals surface area contributed by atoms with E-state index >= 15 is 0 Å². The van der Waals surface area contributed by atoms with Crippen molar-refractivity contribution in [1.29, 1.82) is 0 Å². The third-order valence-corrected chi connectivity index (χ3v) is 2.47. The number of aryl methyl sites for hydroxylation is 1. The molecule has 0 N–H and O–H groups in total. The number of benzene rings is 2. The summed E-state index contributed by atoms with van der Waals surface area (Å²) in [6, 6.07) is 12.9. The van der Waals surface area contributed by atoms with E-state index in [0.29, 0.717) is 0 Å². The Hall–Kier alpha value is -1.56. The summed E-state index contributed by atoms with van der Waals surface area (Å²) >= 11 is 0. The Labute approximate surface area is 98.6 Å². The number of hydrogen-bond acceptors (Lipinski definition) is 0. The fourth-order valence-corrected chi connectivity index (χ4v) is 1.81. The molecule has 0 unspecified atom stereocenters. The summed E-state index contributed by atoms with van der Waals surface area (Å²) in [6.45, 7) is 12.2. The summed E-state index contributed by atoms with van der Waals surface area (Å²) in [5.41, 5.74) is 3.69. The Balaban J connectivity index is 0.000000606. The van der Waals surface area contributed by atoms with Crippen LogP contribution in [0.1, 0.15) is 31.9 Å². The lowest BCUT2D eigenvalue weighted by atomic mass is 9.98. The summed E-state index contributed by atoms with van der Waals surface area (Å²) in [7, 11) is 0. The molecule has 0 radical (unpaired) electrons. The van der Waals surface area contributed by atoms with E-state index in [0.717, 1.165) is 5.57 Å². The Bertz CT molecular complexity index is 492. The third-order valence-electron chi connectivity index (χ3n) is 2.47. The van der Waals surface area contributed by atoms with Crippen LogP contribution < -0.4 is 0 Å². The van der Waals surface area contributed by atoms with Crippen LogP contribution in [0.4, 0.5) is 0 Å². The number of hydrogen-bond donors (Lipinski definition) is 0. The van der Waals surface area contributed by atoms with Gasteiger partial charge in [-0.15, -0.1) is 0 Å². The highest BCUT2D eigenvalue weighted by Crippen LogP contribution is 2.25. The van der Waals surface area contributed by atoms with E-state index in [1.807, 2.05) is 13.8 Å². The third kappa shape index (κ3) is 2.52. The van der Waals surface area contributed by atoms with E-state index in [-0.39, 0.29) is 0 Å². The summed E-state index contributed by atoms with van der Waals surface area (Å²) in [5, 5.41) is 2.59. The van der Waals surface area contributed by atoms with Crippen molar-refractivity contribution in [2.75, 3.05) is 0 Å². The largest absolute Gasteiger partial charge is 0.0955 e. The molecule has 0 amide bonds. The predicted molar refractivity (Wildman–Crippen MR) is 74.7 cm³/mol. The zero-order chi connectivity index (χ0) is 12.1. The Morgan fingerprint density at radius 1 is 1.06 bits per heavy atom. The molecule has 2 aromatic rings. The fourth-order valence-electron chi connectivity index (χ4n) is 1.81. The maximum absolute atomic E-state index is 4.02. The van der Waals surface area contributed by atoms with Crippen molar-refractivity contribution in [2.45, 2.75) is 27.7 Å². The Kier molecular flexibility index (Phi) is 4.30. The van der Waals surface area contributed by atoms with Gasteiger partial charge in [-0.25, -0.2) is 0 Å². The van der Waals surface area contributed by atoms with Crippen molar-refractivity contribution in [3.05, 3.63) is 54.1 Å². The van der Waals surface area contributed by atoms with E-state index in [4.69, 9.17) is 0 Å². The van der Waals surface area contributed by atoms with Crippen LogP contribution in [0.25, 0.3) is 16.3 Å². The van der Waals surface area contributed by atoms with Gasteiger partial charge in [0.2, 0.25) is 0 Å². The van der Waals surface area contributed by atoms with Gasteiger partial charge in [-0.3, -0.25) is 0 Å². The highest BCUT2D eigenvalue weighted by Gasteiger charge is 2.01. The first-order chi connectivity index (χ1) is 7.68. The standard InChI is InChI=1S/C14H14.C2H6/c1-10(2)14-9-11(3)8-12-6-4-5-7-13(12)14;1-2/h4-9H,1H2,2-3H3;1-2H3. The minimum Gasteiger partial charge on any atom is -0.0955 e. The minimum atomic E-state index is 1.13. The van der Waals surface area contributed by atoms with E-state index in [9.17, 15) is 0 Å². The molecule has 0 heteroatoms. The topological polar surface area (TPSA) is 0 Å². The van der Waals surface area contributed by atoms with Gasteiger partial charge in [-0.1, -0.05) is 62.4 Å². The monoisotopic (exact) mass is 212 g/mol. The average Bonchev–Trinajstić information content (AvgIpc) is 2.30. The zero-order valence-electron chi connectivity index (χ0n) is 10.7. The second-order valence-electron chi connectivity index (χ2n) is 3.81. The molecule has 2 rings (SSSR count). The van der Waals surface area contributed by atoms with Crippen LogP contribution in [-0.2, 0) is 0 Å². The van der Waals surface area contributed by atoms with E-state index in [1.165, 1.54) is 21.9 Å². The van der Waals surface area contributed by atoms with Crippen molar-refractivity contribution in [3.63, 3.8) is 0 Å². The van der Waals surface area contributed by atoms with Crippen LogP contribution in [0.2, 0.25) is 0 Å². The van der Waals surface area contributed by atoms with Gasteiger partial charge in [0.25, 0.3) is 0 Å². The number of allylic oxidation sites excluding steroid dienone is 1. The van der Waals surface area contributed by atoms with Crippen molar-refractivity contribution < 1.29 is 0 Å². The smallest absolute Gasteiger partial charge is 0.0109 e. The molecule has 0 nitrogen and oxygen atoms in total. The molecule has 0 aliphatic rings. The lowest BCUT2D eigenvalue weighted by Gasteiger charge is -2.07. The molecule has 2 aromatic carbocycles. The molecule has 0 bridgehead atoms. The molecular weight excluding hydrogens is 192 g/mol. The van der Waals surface area contributed by atoms with Crippen LogP contribution in [0.5, 0.6) is 0 Å². The van der Waals surface area contributed by atoms with Crippen LogP contribution in [0.15, 0.2) is 43.0 Å². The van der Waals surface area contributed by atoms with Gasteiger partial charge in [0, 0.05) is 0 Å². The molecule has 0 fully saturated rings. The SMILES string of the molecule is C=C(C)c1cc(C)cc2ccccc12.CC. The second-order valence-corrected chi connectivity index (χ2v) is 3.81. The highest BCUT2D eigenvalue weighted by molar-refractivity contribution is 5.93. The summed E-state index contributed by atoms with van der Waals surface area (Å²) in [6.07, 6.45) is 0. The van der Waals surface area contributed by atoms with Crippen LogP contribution in [-0.4, -0.2) is 0 Å².